The van der Waals surface area contributed by atoms with Crippen LogP contribution in [0.15, 0.2) is 0 Å². The number of amides is 2. The molecule has 0 aliphatic carbocycles. The average Bonchev–Trinajstić information content (AvgIpc) is 2.50. The highest BCUT2D eigenvalue weighted by Crippen LogP contribution is 2.28. The van der Waals surface area contributed by atoms with E-state index in [1.807, 2.05) is 4.90 Å². The average molecular weight is 242 g/mol. The lowest BCUT2D eigenvalue weighted by molar-refractivity contribution is -0.171. The van der Waals surface area contributed by atoms with Crippen LogP contribution in [0.4, 0.5) is 0 Å². The molecule has 1 atom stereocenters. The van der Waals surface area contributed by atoms with E-state index in [2.05, 4.69) is 5.32 Å². The third-order valence-electron chi connectivity index (χ3n) is 3.00. The largest absolute Gasteiger partial charge is 0.480 e. The number of likely N-dealkylation sites (tertiary alicyclic amines) is 1. The van der Waals surface area contributed by atoms with Gasteiger partial charge in [-0.1, -0.05) is 0 Å². The number of hydrogen-bond donors (Lipinski definition) is 2. The van der Waals surface area contributed by atoms with Gasteiger partial charge < -0.3 is 9.84 Å². The zero-order chi connectivity index (χ0) is 12.6. The smallest absolute Gasteiger partial charge is 0.329 e. The zero-order valence-electron chi connectivity index (χ0n) is 9.43. The lowest BCUT2D eigenvalue weighted by Gasteiger charge is -2.49. The van der Waals surface area contributed by atoms with E-state index in [-0.39, 0.29) is 24.8 Å². The molecule has 17 heavy (non-hydrogen) atoms. The molecule has 2 N–H and O–H groups in total. The van der Waals surface area contributed by atoms with E-state index in [1.165, 1.54) is 0 Å². The van der Waals surface area contributed by atoms with Crippen LogP contribution in [0.3, 0.4) is 0 Å². The van der Waals surface area contributed by atoms with Crippen molar-refractivity contribution in [1.29, 1.82) is 0 Å². The number of nitrogens with zero attached hydrogens (tertiary/aromatic N) is 1. The molecule has 0 radical (unpaired) electrons. The number of ether oxygens (including phenoxy) is 1. The van der Waals surface area contributed by atoms with Gasteiger partial charge in [0.15, 0.2) is 0 Å². The van der Waals surface area contributed by atoms with Gasteiger partial charge >= 0.3 is 5.97 Å². The first-order valence-electron chi connectivity index (χ1n) is 5.33. The van der Waals surface area contributed by atoms with Crippen LogP contribution in [0.1, 0.15) is 13.3 Å². The summed E-state index contributed by atoms with van der Waals surface area (Å²) in [6.45, 7) is 2.37. The zero-order valence-corrected chi connectivity index (χ0v) is 9.43. The first kappa shape index (κ1) is 12.0. The van der Waals surface area contributed by atoms with Crippen LogP contribution in [-0.4, -0.2) is 59.1 Å². The molecule has 2 aliphatic rings. The van der Waals surface area contributed by atoms with Gasteiger partial charge in [-0.25, -0.2) is 4.79 Å². The molecule has 2 heterocycles. The van der Waals surface area contributed by atoms with Gasteiger partial charge in [-0.15, -0.1) is 0 Å². The van der Waals surface area contributed by atoms with Gasteiger partial charge in [0.2, 0.25) is 11.8 Å². The maximum Gasteiger partial charge on any atom is 0.329 e. The fourth-order valence-corrected chi connectivity index (χ4v) is 2.20. The number of hydrogen-bond acceptors (Lipinski definition) is 5. The van der Waals surface area contributed by atoms with Crippen molar-refractivity contribution in [2.45, 2.75) is 25.0 Å². The van der Waals surface area contributed by atoms with E-state index in [1.54, 1.807) is 6.92 Å². The second-order valence-corrected chi connectivity index (χ2v) is 4.67. The highest BCUT2D eigenvalue weighted by molar-refractivity contribution is 6.05. The topological polar surface area (TPSA) is 95.9 Å². The Bertz CT molecular complexity index is 375. The van der Waals surface area contributed by atoms with Gasteiger partial charge in [-0.2, -0.15) is 0 Å². The van der Waals surface area contributed by atoms with Crippen molar-refractivity contribution in [2.75, 3.05) is 19.7 Å². The van der Waals surface area contributed by atoms with E-state index in [9.17, 15) is 14.4 Å². The molecular weight excluding hydrogens is 228 g/mol. The number of imide groups is 1. The van der Waals surface area contributed by atoms with Crippen LogP contribution < -0.4 is 5.32 Å². The monoisotopic (exact) mass is 242 g/mol. The van der Waals surface area contributed by atoms with Gasteiger partial charge in [0, 0.05) is 13.1 Å². The Morgan fingerprint density at radius 3 is 2.71 bits per heavy atom. The molecule has 0 bridgehead atoms. The number of carbonyl (C=O) groups excluding carboxylic acids is 2. The summed E-state index contributed by atoms with van der Waals surface area (Å²) in [5, 5.41) is 10.7. The summed E-state index contributed by atoms with van der Waals surface area (Å²) in [7, 11) is 0. The summed E-state index contributed by atoms with van der Waals surface area (Å²) < 4.78 is 5.22. The summed E-state index contributed by atoms with van der Waals surface area (Å²) in [5.74, 6) is -1.56. The standard InChI is InChI=1S/C10H14N2O5/c1-10(17-3-8(14)15)4-12(5-10)6-2-7(13)11-9(6)16/h6H,2-5H2,1H3,(H,14,15)(H,11,13,16). The van der Waals surface area contributed by atoms with E-state index < -0.39 is 17.6 Å². The minimum atomic E-state index is -1.02. The van der Waals surface area contributed by atoms with Gasteiger partial charge in [0.25, 0.3) is 0 Å². The van der Waals surface area contributed by atoms with Crippen LogP contribution in [0.2, 0.25) is 0 Å². The van der Waals surface area contributed by atoms with Crippen LogP contribution in [0.25, 0.3) is 0 Å². The first-order valence-corrected chi connectivity index (χ1v) is 5.33. The molecule has 1 unspecified atom stereocenters. The quantitative estimate of drug-likeness (QED) is 0.587. The summed E-state index contributed by atoms with van der Waals surface area (Å²) >= 11 is 0. The first-order chi connectivity index (χ1) is 7.89. The molecule has 0 aromatic heterocycles. The second-order valence-electron chi connectivity index (χ2n) is 4.67. The van der Waals surface area contributed by atoms with Crippen molar-refractivity contribution in [3.63, 3.8) is 0 Å². The number of rotatable bonds is 4. The fourth-order valence-electron chi connectivity index (χ4n) is 2.20. The molecule has 7 heteroatoms. The Labute approximate surface area is 97.7 Å². The number of carboxylic acids is 1. The molecule has 7 nitrogen and oxygen atoms in total. The van der Waals surface area contributed by atoms with Crippen molar-refractivity contribution >= 4 is 17.8 Å². The Kier molecular flexibility index (Phi) is 2.88. The molecular formula is C10H14N2O5. The second kappa shape index (κ2) is 4.08. The van der Waals surface area contributed by atoms with Crippen LogP contribution in [-0.2, 0) is 19.1 Å². The minimum Gasteiger partial charge on any atom is -0.480 e. The SMILES string of the molecule is CC1(OCC(=O)O)CN(C2CC(=O)NC2=O)C1. The number of aliphatic carboxylic acids is 1. The van der Waals surface area contributed by atoms with Crippen molar-refractivity contribution in [1.82, 2.24) is 10.2 Å². The number of nitrogens with one attached hydrogen (secondary N) is 1. The van der Waals surface area contributed by atoms with Crippen molar-refractivity contribution in [3.05, 3.63) is 0 Å². The molecule has 2 fully saturated rings. The predicted octanol–water partition coefficient (Wildman–Crippen LogP) is -1.42. The normalized spacial score (nSPS) is 27.7. The summed E-state index contributed by atoms with van der Waals surface area (Å²) in [4.78, 5) is 34.6. The Balaban J connectivity index is 1.83. The van der Waals surface area contributed by atoms with E-state index in [0.717, 1.165) is 0 Å². The van der Waals surface area contributed by atoms with Crippen molar-refractivity contribution in [3.8, 4) is 0 Å². The summed E-state index contributed by atoms with van der Waals surface area (Å²) in [5.41, 5.74) is -0.537. The Morgan fingerprint density at radius 1 is 1.59 bits per heavy atom. The van der Waals surface area contributed by atoms with Crippen LogP contribution >= 0.6 is 0 Å². The van der Waals surface area contributed by atoms with E-state index >= 15 is 0 Å². The molecule has 0 aromatic rings. The lowest BCUT2D eigenvalue weighted by atomic mass is 9.93. The molecule has 2 amide bonds. The van der Waals surface area contributed by atoms with Crippen LogP contribution in [0, 0.1) is 0 Å². The van der Waals surface area contributed by atoms with Gasteiger partial charge in [0.05, 0.1) is 18.1 Å². The molecule has 0 aromatic carbocycles. The lowest BCUT2D eigenvalue weighted by Crippen LogP contribution is -2.65. The van der Waals surface area contributed by atoms with E-state index in [0.29, 0.717) is 13.1 Å². The summed E-state index contributed by atoms with van der Waals surface area (Å²) in [6, 6.07) is -0.427. The predicted molar refractivity (Wildman–Crippen MR) is 55.1 cm³/mol. The maximum absolute atomic E-state index is 11.4. The molecule has 2 saturated heterocycles. The molecule has 0 spiro atoms. The molecule has 2 aliphatic heterocycles. The van der Waals surface area contributed by atoms with Gasteiger partial charge in [-0.3, -0.25) is 19.8 Å². The minimum absolute atomic E-state index is 0.174. The Morgan fingerprint density at radius 2 is 2.24 bits per heavy atom. The number of carboxylic acid groups (broad SMARTS) is 1. The van der Waals surface area contributed by atoms with Gasteiger partial charge in [-0.05, 0) is 6.92 Å². The Hall–Kier alpha value is -1.47. The highest BCUT2D eigenvalue weighted by atomic mass is 16.5. The maximum atomic E-state index is 11.4. The van der Waals surface area contributed by atoms with Crippen LogP contribution in [0.5, 0.6) is 0 Å². The molecule has 0 saturated carbocycles. The molecule has 94 valence electrons. The highest BCUT2D eigenvalue weighted by Gasteiger charge is 2.47. The summed E-state index contributed by atoms with van der Waals surface area (Å²) in [6.07, 6.45) is 0.174. The van der Waals surface area contributed by atoms with E-state index in [4.69, 9.17) is 9.84 Å². The van der Waals surface area contributed by atoms with Crippen molar-refractivity contribution < 1.29 is 24.2 Å². The third kappa shape index (κ3) is 2.45. The van der Waals surface area contributed by atoms with Crippen molar-refractivity contribution in [2.24, 2.45) is 0 Å². The molecule has 2 rings (SSSR count). The number of carbonyl (C=O) groups is 3. The fraction of sp³-hybridized carbons (Fsp3) is 0.700. The van der Waals surface area contributed by atoms with Gasteiger partial charge in [0.1, 0.15) is 6.61 Å². The third-order valence-corrected chi connectivity index (χ3v) is 3.00.